The van der Waals surface area contributed by atoms with Crippen molar-refractivity contribution in [1.82, 2.24) is 25.6 Å². The maximum absolute atomic E-state index is 14.3. The first-order chi connectivity index (χ1) is 14.4. The molecule has 0 bridgehead atoms. The zero-order valence-electron chi connectivity index (χ0n) is 17.0. The van der Waals surface area contributed by atoms with Crippen LogP contribution in [0.2, 0.25) is 0 Å². The van der Waals surface area contributed by atoms with Gasteiger partial charge in [-0.1, -0.05) is 23.6 Å². The average Bonchev–Trinajstić information content (AvgIpc) is 3.65. The van der Waals surface area contributed by atoms with Crippen molar-refractivity contribution in [3.63, 3.8) is 0 Å². The number of carbonyl (C=O) groups excluding carboxylic acids is 2. The maximum Gasteiger partial charge on any atom is 0.326 e. The molecule has 1 aromatic heterocycles. The first-order valence-corrected chi connectivity index (χ1v) is 11.0. The lowest BCUT2D eigenvalue weighted by Crippen LogP contribution is -2.56. The van der Waals surface area contributed by atoms with Crippen molar-refractivity contribution in [2.45, 2.75) is 82.3 Å². The van der Waals surface area contributed by atoms with E-state index >= 15 is 0 Å². The molecular formula is C21H29F2N5O2. The molecule has 2 N–H and O–H groups in total. The zero-order chi connectivity index (χ0) is 21.1. The number of alkyl halides is 2. The van der Waals surface area contributed by atoms with E-state index in [0.29, 0.717) is 24.7 Å². The molecule has 30 heavy (non-hydrogen) atoms. The Morgan fingerprint density at radius 2 is 1.67 bits per heavy atom. The first-order valence-electron chi connectivity index (χ1n) is 11.0. The minimum atomic E-state index is -3.51. The highest BCUT2D eigenvalue weighted by Crippen LogP contribution is 2.48. The van der Waals surface area contributed by atoms with E-state index in [2.05, 4.69) is 20.9 Å². The molecular weight excluding hydrogens is 392 g/mol. The Morgan fingerprint density at radius 1 is 1.03 bits per heavy atom. The molecule has 4 rings (SSSR count). The number of aromatic nitrogens is 3. The van der Waals surface area contributed by atoms with Gasteiger partial charge in [0.15, 0.2) is 0 Å². The molecule has 0 aromatic carbocycles. The number of nitrogens with zero attached hydrogens (tertiary/aromatic N) is 3. The molecule has 0 saturated heterocycles. The molecule has 2 amide bonds. The second kappa shape index (κ2) is 8.81. The fourth-order valence-corrected chi connectivity index (χ4v) is 4.25. The van der Waals surface area contributed by atoms with Gasteiger partial charge in [-0.25, -0.2) is 0 Å². The average molecular weight is 421 g/mol. The van der Waals surface area contributed by atoms with Crippen LogP contribution in [0.4, 0.5) is 8.78 Å². The van der Waals surface area contributed by atoms with Gasteiger partial charge in [0, 0.05) is 37.3 Å². The number of allylic oxidation sites excluding steroid dienone is 1. The molecule has 3 saturated carbocycles. The second-order valence-electron chi connectivity index (χ2n) is 8.79. The number of halogens is 2. The normalized spacial score (nSPS) is 24.2. The van der Waals surface area contributed by atoms with Crippen molar-refractivity contribution in [2.24, 2.45) is 11.8 Å². The third kappa shape index (κ3) is 5.43. The van der Waals surface area contributed by atoms with E-state index in [-0.39, 0.29) is 18.5 Å². The summed E-state index contributed by atoms with van der Waals surface area (Å²) in [7, 11) is 0. The minimum absolute atomic E-state index is 0.0961. The van der Waals surface area contributed by atoms with Crippen molar-refractivity contribution >= 4 is 11.8 Å². The van der Waals surface area contributed by atoms with Crippen molar-refractivity contribution in [2.75, 3.05) is 0 Å². The van der Waals surface area contributed by atoms with Crippen LogP contribution in [0.1, 0.15) is 57.8 Å². The fraction of sp³-hybridized carbons (Fsp3) is 0.714. The van der Waals surface area contributed by atoms with E-state index < -0.39 is 24.3 Å². The van der Waals surface area contributed by atoms with Gasteiger partial charge >= 0.3 is 5.92 Å². The molecule has 1 aromatic rings. The molecule has 0 aliphatic heterocycles. The molecule has 0 radical (unpaired) electrons. The summed E-state index contributed by atoms with van der Waals surface area (Å²) in [5, 5.41) is 12.7. The SMILES string of the molecule is O=C(C=C(C1CC1)C1CC1)N[C@@H]1CCCC[C@H]1NC(=O)C(F)(F)CCn1ccnn1. The van der Waals surface area contributed by atoms with E-state index in [1.807, 2.05) is 0 Å². The molecule has 1 heterocycles. The van der Waals surface area contributed by atoms with E-state index in [4.69, 9.17) is 0 Å². The van der Waals surface area contributed by atoms with Gasteiger partial charge in [-0.3, -0.25) is 14.3 Å². The van der Waals surface area contributed by atoms with Gasteiger partial charge in [-0.05, 0) is 50.4 Å². The number of aryl methyl sites for hydroxylation is 1. The molecule has 164 valence electrons. The minimum Gasteiger partial charge on any atom is -0.348 e. The lowest BCUT2D eigenvalue weighted by molar-refractivity contribution is -0.148. The lowest BCUT2D eigenvalue weighted by atomic mass is 9.89. The summed E-state index contributed by atoms with van der Waals surface area (Å²) in [6, 6.07) is -0.802. The van der Waals surface area contributed by atoms with E-state index in [0.717, 1.165) is 38.5 Å². The summed E-state index contributed by atoms with van der Waals surface area (Å²) < 4.78 is 30.0. The summed E-state index contributed by atoms with van der Waals surface area (Å²) >= 11 is 0. The molecule has 7 nitrogen and oxygen atoms in total. The second-order valence-corrected chi connectivity index (χ2v) is 8.79. The van der Waals surface area contributed by atoms with Gasteiger partial charge < -0.3 is 10.6 Å². The van der Waals surface area contributed by atoms with Crippen LogP contribution in [0.3, 0.4) is 0 Å². The summed E-state index contributed by atoms with van der Waals surface area (Å²) in [6.07, 6.45) is 11.6. The topological polar surface area (TPSA) is 88.9 Å². The van der Waals surface area contributed by atoms with Crippen LogP contribution in [0, 0.1) is 11.8 Å². The maximum atomic E-state index is 14.3. The number of carbonyl (C=O) groups is 2. The van der Waals surface area contributed by atoms with Gasteiger partial charge in [0.2, 0.25) is 5.91 Å². The first kappa shape index (κ1) is 20.9. The van der Waals surface area contributed by atoms with Crippen LogP contribution in [-0.2, 0) is 16.1 Å². The summed E-state index contributed by atoms with van der Waals surface area (Å²) in [4.78, 5) is 24.9. The van der Waals surface area contributed by atoms with Crippen LogP contribution < -0.4 is 10.6 Å². The van der Waals surface area contributed by atoms with Gasteiger partial charge in [0.05, 0.1) is 6.20 Å². The lowest BCUT2D eigenvalue weighted by Gasteiger charge is -2.33. The van der Waals surface area contributed by atoms with Crippen molar-refractivity contribution in [1.29, 1.82) is 0 Å². The molecule has 0 unspecified atom stereocenters. The standard InChI is InChI=1S/C21H29F2N5O2/c22-21(23,9-11-28-12-10-24-27-28)20(30)26-18-4-2-1-3-17(18)25-19(29)13-16(14-5-6-14)15-7-8-15/h10,12-15,17-18H,1-9,11H2,(H,25,29)(H,26,30)/t17-,18-/m1/s1. The Bertz CT molecular complexity index is 773. The highest BCUT2D eigenvalue weighted by molar-refractivity contribution is 5.89. The Morgan fingerprint density at radius 3 is 2.23 bits per heavy atom. The van der Waals surface area contributed by atoms with E-state index in [1.165, 1.54) is 22.6 Å². The highest BCUT2D eigenvalue weighted by atomic mass is 19.3. The molecule has 3 aliphatic carbocycles. The van der Waals surface area contributed by atoms with Crippen LogP contribution in [0.25, 0.3) is 0 Å². The van der Waals surface area contributed by atoms with Crippen LogP contribution >= 0.6 is 0 Å². The highest BCUT2D eigenvalue weighted by Gasteiger charge is 2.41. The van der Waals surface area contributed by atoms with Gasteiger partial charge in [0.1, 0.15) is 0 Å². The van der Waals surface area contributed by atoms with Crippen LogP contribution in [0.5, 0.6) is 0 Å². The zero-order valence-corrected chi connectivity index (χ0v) is 17.0. The van der Waals surface area contributed by atoms with Gasteiger partial charge in [0.25, 0.3) is 5.91 Å². The Labute approximate surface area is 174 Å². The van der Waals surface area contributed by atoms with E-state index in [9.17, 15) is 18.4 Å². The molecule has 0 spiro atoms. The molecule has 9 heteroatoms. The number of amides is 2. The number of rotatable bonds is 9. The smallest absolute Gasteiger partial charge is 0.326 e. The monoisotopic (exact) mass is 421 g/mol. The van der Waals surface area contributed by atoms with Gasteiger partial charge in [-0.15, -0.1) is 5.10 Å². The molecule has 3 fully saturated rings. The Balaban J connectivity index is 1.32. The summed E-state index contributed by atoms with van der Waals surface area (Å²) in [6.45, 7) is -0.0961. The Hall–Kier alpha value is -2.32. The molecule has 2 atom stereocenters. The Kier molecular flexibility index (Phi) is 6.15. The number of hydrogen-bond donors (Lipinski definition) is 2. The van der Waals surface area contributed by atoms with Crippen molar-refractivity contribution in [3.05, 3.63) is 24.0 Å². The quantitative estimate of drug-likeness (QED) is 0.600. The predicted molar refractivity (Wildman–Crippen MR) is 105 cm³/mol. The van der Waals surface area contributed by atoms with Crippen molar-refractivity contribution in [3.8, 4) is 0 Å². The largest absolute Gasteiger partial charge is 0.348 e. The van der Waals surface area contributed by atoms with Crippen LogP contribution in [-0.4, -0.2) is 44.8 Å². The van der Waals surface area contributed by atoms with Crippen molar-refractivity contribution < 1.29 is 18.4 Å². The fourth-order valence-electron chi connectivity index (χ4n) is 4.25. The summed E-state index contributed by atoms with van der Waals surface area (Å²) in [5.41, 5.74) is 1.25. The third-order valence-electron chi connectivity index (χ3n) is 6.26. The van der Waals surface area contributed by atoms with Gasteiger partial charge in [-0.2, -0.15) is 8.78 Å². The molecule has 3 aliphatic rings. The summed E-state index contributed by atoms with van der Waals surface area (Å²) in [5.74, 6) is -3.86. The predicted octanol–water partition coefficient (Wildman–Crippen LogP) is 2.59. The number of nitrogens with one attached hydrogen (secondary N) is 2. The third-order valence-corrected chi connectivity index (χ3v) is 6.26. The van der Waals surface area contributed by atoms with Crippen LogP contribution in [0.15, 0.2) is 24.0 Å². The van der Waals surface area contributed by atoms with E-state index in [1.54, 1.807) is 6.08 Å². The number of hydrogen-bond acceptors (Lipinski definition) is 4.